The number of benzene rings is 1. The molecule has 0 aromatic heterocycles. The molecule has 1 saturated heterocycles. The van der Waals surface area contributed by atoms with E-state index in [1.807, 2.05) is 25.1 Å². The van der Waals surface area contributed by atoms with E-state index in [4.69, 9.17) is 4.74 Å². The molecule has 2 rings (SSSR count). The number of hydrogen-bond acceptors (Lipinski definition) is 4. The molecule has 0 saturated carbocycles. The SMILES string of the molecule is COc1cc(C)ccc1CN[C@H]1CS(=O)(=O)C1(C)C. The first-order valence-corrected chi connectivity index (χ1v) is 8.02. The predicted molar refractivity (Wildman–Crippen MR) is 76.2 cm³/mol. The van der Waals surface area contributed by atoms with Gasteiger partial charge in [0.05, 0.1) is 17.6 Å². The molecule has 1 N–H and O–H groups in total. The number of aryl methyl sites for hydroxylation is 1. The number of hydrogen-bond donors (Lipinski definition) is 1. The number of nitrogens with one attached hydrogen (secondary N) is 1. The minimum absolute atomic E-state index is 0.00325. The van der Waals surface area contributed by atoms with Crippen molar-refractivity contribution < 1.29 is 13.2 Å². The lowest BCUT2D eigenvalue weighted by Gasteiger charge is -2.44. The molecule has 1 fully saturated rings. The van der Waals surface area contributed by atoms with Crippen LogP contribution >= 0.6 is 0 Å². The topological polar surface area (TPSA) is 55.4 Å². The zero-order chi connectivity index (χ0) is 14.3. The highest BCUT2D eigenvalue weighted by Crippen LogP contribution is 2.34. The minimum atomic E-state index is -2.93. The van der Waals surface area contributed by atoms with E-state index in [-0.39, 0.29) is 11.8 Å². The van der Waals surface area contributed by atoms with Gasteiger partial charge in [-0.15, -0.1) is 0 Å². The summed E-state index contributed by atoms with van der Waals surface area (Å²) in [7, 11) is -1.28. The van der Waals surface area contributed by atoms with Crippen LogP contribution in [0.3, 0.4) is 0 Å². The standard InChI is InChI=1S/C14H21NO3S/c1-10-5-6-11(12(7-10)18-4)8-15-13-9-19(16,17)14(13,2)3/h5-7,13,15H,8-9H2,1-4H3/t13-/m0/s1. The second-order valence-corrected chi connectivity index (χ2v) is 8.25. The quantitative estimate of drug-likeness (QED) is 0.913. The molecular weight excluding hydrogens is 262 g/mol. The molecule has 0 spiro atoms. The molecule has 0 unspecified atom stereocenters. The Morgan fingerprint density at radius 1 is 1.42 bits per heavy atom. The normalized spacial score (nSPS) is 23.7. The summed E-state index contributed by atoms with van der Waals surface area (Å²) in [6.07, 6.45) is 0. The summed E-state index contributed by atoms with van der Waals surface area (Å²) in [6, 6.07) is 6.03. The Labute approximate surface area is 115 Å². The van der Waals surface area contributed by atoms with Gasteiger partial charge in [0.2, 0.25) is 0 Å². The van der Waals surface area contributed by atoms with Gasteiger partial charge in [0.1, 0.15) is 5.75 Å². The van der Waals surface area contributed by atoms with Crippen molar-refractivity contribution >= 4 is 9.84 Å². The van der Waals surface area contributed by atoms with Gasteiger partial charge in [-0.1, -0.05) is 12.1 Å². The Bertz CT molecular complexity index is 578. The zero-order valence-corrected chi connectivity index (χ0v) is 12.7. The van der Waals surface area contributed by atoms with Crippen molar-refractivity contribution in [3.63, 3.8) is 0 Å². The lowest BCUT2D eigenvalue weighted by atomic mass is 10.0. The summed E-state index contributed by atoms with van der Waals surface area (Å²) >= 11 is 0. The Kier molecular flexibility index (Phi) is 3.62. The van der Waals surface area contributed by atoms with Crippen molar-refractivity contribution in [2.45, 2.75) is 38.1 Å². The molecule has 1 aromatic rings. The van der Waals surface area contributed by atoms with Crippen molar-refractivity contribution in [3.05, 3.63) is 29.3 Å². The molecule has 1 aliphatic heterocycles. The average Bonchev–Trinajstić information content (AvgIpc) is 2.35. The Morgan fingerprint density at radius 3 is 2.63 bits per heavy atom. The van der Waals surface area contributed by atoms with Gasteiger partial charge in [0.25, 0.3) is 0 Å². The van der Waals surface area contributed by atoms with Crippen LogP contribution in [-0.4, -0.2) is 32.1 Å². The summed E-state index contributed by atoms with van der Waals surface area (Å²) < 4.78 is 28.0. The summed E-state index contributed by atoms with van der Waals surface area (Å²) in [6.45, 7) is 6.18. The highest BCUT2D eigenvalue weighted by atomic mass is 32.2. The fourth-order valence-electron chi connectivity index (χ4n) is 2.29. The summed E-state index contributed by atoms with van der Waals surface area (Å²) in [5, 5.41) is 3.32. The first-order chi connectivity index (χ1) is 8.78. The molecule has 0 amide bonds. The Morgan fingerprint density at radius 2 is 2.11 bits per heavy atom. The van der Waals surface area contributed by atoms with Crippen LogP contribution in [0.5, 0.6) is 5.75 Å². The Hall–Kier alpha value is -1.07. The van der Waals surface area contributed by atoms with Crippen molar-refractivity contribution in [2.24, 2.45) is 0 Å². The monoisotopic (exact) mass is 283 g/mol. The first kappa shape index (κ1) is 14.3. The van der Waals surface area contributed by atoms with Gasteiger partial charge in [-0.25, -0.2) is 8.42 Å². The molecular formula is C14H21NO3S. The number of sulfone groups is 1. The summed E-state index contributed by atoms with van der Waals surface area (Å²) in [5.74, 6) is 1.06. The maximum atomic E-state index is 11.7. The highest BCUT2D eigenvalue weighted by Gasteiger charge is 2.53. The van der Waals surface area contributed by atoms with E-state index in [0.717, 1.165) is 16.9 Å². The third-order valence-corrected chi connectivity index (χ3v) is 6.67. The van der Waals surface area contributed by atoms with Crippen LogP contribution in [0.2, 0.25) is 0 Å². The third kappa shape index (κ3) is 2.49. The second kappa shape index (κ2) is 4.80. The molecule has 0 radical (unpaired) electrons. The van der Waals surface area contributed by atoms with E-state index >= 15 is 0 Å². The third-order valence-electron chi connectivity index (χ3n) is 4.01. The number of rotatable bonds is 4. The minimum Gasteiger partial charge on any atom is -0.496 e. The van der Waals surface area contributed by atoms with Gasteiger partial charge in [-0.3, -0.25) is 0 Å². The summed E-state index contributed by atoms with van der Waals surface area (Å²) in [4.78, 5) is 0. The molecule has 1 heterocycles. The fraction of sp³-hybridized carbons (Fsp3) is 0.571. The van der Waals surface area contributed by atoms with Crippen LogP contribution in [0.25, 0.3) is 0 Å². The maximum Gasteiger partial charge on any atom is 0.158 e. The molecule has 19 heavy (non-hydrogen) atoms. The van der Waals surface area contributed by atoms with Crippen molar-refractivity contribution in [2.75, 3.05) is 12.9 Å². The van der Waals surface area contributed by atoms with Gasteiger partial charge in [0.15, 0.2) is 9.84 Å². The van der Waals surface area contributed by atoms with Crippen LogP contribution in [0.1, 0.15) is 25.0 Å². The number of ether oxygens (including phenoxy) is 1. The van der Waals surface area contributed by atoms with Crippen LogP contribution in [0, 0.1) is 6.92 Å². The van der Waals surface area contributed by atoms with Crippen LogP contribution < -0.4 is 10.1 Å². The van der Waals surface area contributed by atoms with E-state index in [2.05, 4.69) is 5.32 Å². The van der Waals surface area contributed by atoms with Gasteiger partial charge >= 0.3 is 0 Å². The largest absolute Gasteiger partial charge is 0.496 e. The van der Waals surface area contributed by atoms with Crippen molar-refractivity contribution in [1.82, 2.24) is 5.32 Å². The predicted octanol–water partition coefficient (Wildman–Crippen LogP) is 1.67. The molecule has 5 heteroatoms. The van der Waals surface area contributed by atoms with E-state index in [1.54, 1.807) is 21.0 Å². The van der Waals surface area contributed by atoms with Crippen LogP contribution in [-0.2, 0) is 16.4 Å². The van der Waals surface area contributed by atoms with Gasteiger partial charge < -0.3 is 10.1 Å². The maximum absolute atomic E-state index is 11.7. The molecule has 1 atom stereocenters. The molecule has 1 aliphatic rings. The molecule has 0 bridgehead atoms. The average molecular weight is 283 g/mol. The molecule has 4 nitrogen and oxygen atoms in total. The lowest BCUT2D eigenvalue weighted by Crippen LogP contribution is -2.65. The van der Waals surface area contributed by atoms with Crippen LogP contribution in [0.15, 0.2) is 18.2 Å². The van der Waals surface area contributed by atoms with Gasteiger partial charge in [-0.2, -0.15) is 0 Å². The van der Waals surface area contributed by atoms with E-state index in [0.29, 0.717) is 6.54 Å². The molecule has 1 aromatic carbocycles. The van der Waals surface area contributed by atoms with Crippen molar-refractivity contribution in [1.29, 1.82) is 0 Å². The highest BCUT2D eigenvalue weighted by molar-refractivity contribution is 7.94. The van der Waals surface area contributed by atoms with Crippen LogP contribution in [0.4, 0.5) is 0 Å². The molecule has 0 aliphatic carbocycles. The van der Waals surface area contributed by atoms with E-state index in [1.165, 1.54) is 0 Å². The fourth-order valence-corrected chi connectivity index (χ4v) is 3.99. The van der Waals surface area contributed by atoms with Gasteiger partial charge in [0, 0.05) is 18.2 Å². The van der Waals surface area contributed by atoms with E-state index < -0.39 is 14.6 Å². The second-order valence-electron chi connectivity index (χ2n) is 5.63. The zero-order valence-electron chi connectivity index (χ0n) is 11.9. The Balaban J connectivity index is 2.05. The van der Waals surface area contributed by atoms with Gasteiger partial charge in [-0.05, 0) is 32.4 Å². The molecule has 106 valence electrons. The number of methoxy groups -OCH3 is 1. The summed E-state index contributed by atoms with van der Waals surface area (Å²) in [5.41, 5.74) is 2.19. The first-order valence-electron chi connectivity index (χ1n) is 6.37. The van der Waals surface area contributed by atoms with E-state index in [9.17, 15) is 8.42 Å². The lowest BCUT2D eigenvalue weighted by molar-refractivity contribution is 0.375. The smallest absolute Gasteiger partial charge is 0.158 e. The van der Waals surface area contributed by atoms with Crippen molar-refractivity contribution in [3.8, 4) is 5.75 Å².